The van der Waals surface area contributed by atoms with E-state index in [-0.39, 0.29) is 30.0 Å². The number of hydrogen-bond acceptors (Lipinski definition) is 7. The molecule has 4 rings (SSSR count). The Morgan fingerprint density at radius 3 is 2.58 bits per heavy atom. The van der Waals surface area contributed by atoms with Crippen molar-refractivity contribution in [1.29, 1.82) is 0 Å². The summed E-state index contributed by atoms with van der Waals surface area (Å²) in [4.78, 5) is 17.4. The number of methoxy groups -OCH3 is 1. The van der Waals surface area contributed by atoms with Gasteiger partial charge >= 0.3 is 0 Å². The summed E-state index contributed by atoms with van der Waals surface area (Å²) in [6, 6.07) is 9.86. The average Bonchev–Trinajstić information content (AvgIpc) is 3.13. The van der Waals surface area contributed by atoms with Crippen LogP contribution in [-0.4, -0.2) is 45.0 Å². The molecule has 1 aliphatic rings. The van der Waals surface area contributed by atoms with Crippen molar-refractivity contribution in [3.05, 3.63) is 41.2 Å². The van der Waals surface area contributed by atoms with Gasteiger partial charge in [-0.25, -0.2) is 8.42 Å². The molecule has 0 fully saturated rings. The lowest BCUT2D eigenvalue weighted by molar-refractivity contribution is -0.118. The van der Waals surface area contributed by atoms with Crippen LogP contribution in [-0.2, 0) is 21.2 Å². The molecule has 0 bridgehead atoms. The fourth-order valence-corrected chi connectivity index (χ4v) is 5.78. The van der Waals surface area contributed by atoms with Crippen molar-refractivity contribution in [2.75, 3.05) is 26.1 Å². The van der Waals surface area contributed by atoms with E-state index >= 15 is 0 Å². The summed E-state index contributed by atoms with van der Waals surface area (Å²) < 4.78 is 44.0. The molecular formula is C23H22N2O6S2. The highest BCUT2D eigenvalue weighted by molar-refractivity contribution is 7.91. The van der Waals surface area contributed by atoms with Gasteiger partial charge in [0.15, 0.2) is 26.1 Å². The number of rotatable bonds is 7. The number of aromatic nitrogens is 1. The molecule has 0 aliphatic carbocycles. The molecule has 1 aliphatic heterocycles. The Labute approximate surface area is 195 Å². The van der Waals surface area contributed by atoms with Gasteiger partial charge in [-0.2, -0.15) is 4.99 Å². The summed E-state index contributed by atoms with van der Waals surface area (Å²) in [7, 11) is -1.99. The van der Waals surface area contributed by atoms with Crippen LogP contribution in [0.4, 0.5) is 0 Å². The number of benzene rings is 2. The molecule has 1 amide bonds. The fraction of sp³-hybridized carbons (Fsp3) is 0.304. The van der Waals surface area contributed by atoms with Crippen molar-refractivity contribution in [3.63, 3.8) is 0 Å². The number of carbonyl (C=O) groups is 1. The smallest absolute Gasteiger partial charge is 0.248 e. The molecular weight excluding hydrogens is 464 g/mol. The van der Waals surface area contributed by atoms with Gasteiger partial charge in [0.25, 0.3) is 0 Å². The fourth-order valence-electron chi connectivity index (χ4n) is 3.41. The summed E-state index contributed by atoms with van der Waals surface area (Å²) >= 11 is 1.32. The van der Waals surface area contributed by atoms with Crippen LogP contribution in [0, 0.1) is 12.3 Å². The lowest BCUT2D eigenvalue weighted by atomic mass is 10.2. The van der Waals surface area contributed by atoms with Crippen molar-refractivity contribution < 1.29 is 27.4 Å². The molecule has 0 N–H and O–H groups in total. The van der Waals surface area contributed by atoms with Gasteiger partial charge in [0.2, 0.25) is 5.91 Å². The van der Waals surface area contributed by atoms with Crippen LogP contribution in [0.15, 0.2) is 46.3 Å². The van der Waals surface area contributed by atoms with E-state index in [9.17, 15) is 13.2 Å². The normalized spacial score (nSPS) is 13.6. The number of ether oxygens (including phenoxy) is 3. The largest absolute Gasteiger partial charge is 0.497 e. The van der Waals surface area contributed by atoms with Crippen LogP contribution in [0.25, 0.3) is 10.2 Å². The van der Waals surface area contributed by atoms with E-state index in [4.69, 9.17) is 20.6 Å². The number of terminal acetylenes is 1. The first kappa shape index (κ1) is 22.9. The molecule has 0 radical (unpaired) electrons. The molecule has 33 heavy (non-hydrogen) atoms. The van der Waals surface area contributed by atoms with Crippen molar-refractivity contribution >= 4 is 37.3 Å². The van der Waals surface area contributed by atoms with E-state index in [1.807, 2.05) is 12.1 Å². The number of hydrogen-bond donors (Lipinski definition) is 0. The Hall–Kier alpha value is -3.29. The highest BCUT2D eigenvalue weighted by Gasteiger charge is 2.18. The quantitative estimate of drug-likeness (QED) is 0.477. The second-order valence-electron chi connectivity index (χ2n) is 7.24. The van der Waals surface area contributed by atoms with Gasteiger partial charge in [-0.1, -0.05) is 17.3 Å². The molecule has 0 saturated heterocycles. The Morgan fingerprint density at radius 2 is 1.91 bits per heavy atom. The molecule has 0 unspecified atom stereocenters. The first-order chi connectivity index (χ1) is 15.9. The summed E-state index contributed by atoms with van der Waals surface area (Å²) in [5.74, 6) is 3.86. The van der Waals surface area contributed by atoms with Crippen LogP contribution < -0.4 is 19.0 Å². The zero-order valence-electron chi connectivity index (χ0n) is 17.9. The van der Waals surface area contributed by atoms with Crippen LogP contribution in [0.2, 0.25) is 0 Å². The third-order valence-electron chi connectivity index (χ3n) is 5.04. The molecule has 10 heteroatoms. The molecule has 8 nitrogen and oxygen atoms in total. The second kappa shape index (κ2) is 9.68. The number of fused-ring (bicyclic) bond motifs is 2. The van der Waals surface area contributed by atoms with Gasteiger partial charge in [-0.15, -0.1) is 6.42 Å². The van der Waals surface area contributed by atoms with Crippen LogP contribution in [0.3, 0.4) is 0 Å². The maximum absolute atomic E-state index is 12.5. The third-order valence-corrected chi connectivity index (χ3v) is 7.90. The van der Waals surface area contributed by atoms with E-state index in [2.05, 4.69) is 10.9 Å². The lowest BCUT2D eigenvalue weighted by Crippen LogP contribution is -2.17. The maximum Gasteiger partial charge on any atom is 0.248 e. The zero-order valence-corrected chi connectivity index (χ0v) is 19.6. The standard InChI is InChI=1S/C23H22N2O6S2/c1-3-10-25-18-14-19-20(31-12-11-30-19)15-21(18)32-23(25)24-22(26)5-4-13-33(27,28)17-8-6-16(29-2)7-9-17/h1,6-9,14-15H,4-5,10-13H2,2H3. The van der Waals surface area contributed by atoms with Crippen LogP contribution in [0.1, 0.15) is 12.8 Å². The maximum atomic E-state index is 12.5. The molecule has 172 valence electrons. The summed E-state index contributed by atoms with van der Waals surface area (Å²) in [6.07, 6.45) is 5.69. The summed E-state index contributed by atoms with van der Waals surface area (Å²) in [5.41, 5.74) is 0.802. The third kappa shape index (κ3) is 5.05. The molecule has 3 aromatic rings. The van der Waals surface area contributed by atoms with Gasteiger partial charge in [0, 0.05) is 18.6 Å². The minimum Gasteiger partial charge on any atom is -0.497 e. The van der Waals surface area contributed by atoms with Gasteiger partial charge in [0.05, 0.1) is 34.5 Å². The van der Waals surface area contributed by atoms with E-state index in [0.717, 1.165) is 10.2 Å². The Balaban J connectivity index is 1.51. The Kier molecular flexibility index (Phi) is 6.72. The summed E-state index contributed by atoms with van der Waals surface area (Å²) in [6.45, 7) is 1.17. The molecule has 1 aromatic heterocycles. The second-order valence-corrected chi connectivity index (χ2v) is 10.4. The SMILES string of the molecule is C#CCn1c(=NC(=O)CCCS(=O)(=O)c2ccc(OC)cc2)sc2cc3c(cc21)OCCO3. The molecule has 0 atom stereocenters. The van der Waals surface area contributed by atoms with Gasteiger partial charge in [-0.05, 0) is 30.7 Å². The molecule has 2 aromatic carbocycles. The first-order valence-corrected chi connectivity index (χ1v) is 12.7. The highest BCUT2D eigenvalue weighted by Crippen LogP contribution is 2.35. The van der Waals surface area contributed by atoms with Crippen LogP contribution >= 0.6 is 11.3 Å². The van der Waals surface area contributed by atoms with E-state index in [1.54, 1.807) is 16.7 Å². The Morgan fingerprint density at radius 1 is 1.21 bits per heavy atom. The predicted molar refractivity (Wildman–Crippen MR) is 124 cm³/mol. The lowest BCUT2D eigenvalue weighted by Gasteiger charge is -2.18. The number of sulfone groups is 1. The van der Waals surface area contributed by atoms with Crippen molar-refractivity contribution in [3.8, 4) is 29.6 Å². The number of thiazole rings is 1. The first-order valence-electron chi connectivity index (χ1n) is 10.2. The minimum absolute atomic E-state index is 0.00239. The number of nitrogens with zero attached hydrogens (tertiary/aromatic N) is 2. The van der Waals surface area contributed by atoms with E-state index in [0.29, 0.717) is 35.3 Å². The average molecular weight is 487 g/mol. The van der Waals surface area contributed by atoms with Gasteiger partial charge in [0.1, 0.15) is 19.0 Å². The summed E-state index contributed by atoms with van der Waals surface area (Å²) in [5, 5.41) is 0. The predicted octanol–water partition coefficient (Wildman–Crippen LogP) is 2.80. The van der Waals surface area contributed by atoms with E-state index in [1.165, 1.54) is 30.6 Å². The number of carbonyl (C=O) groups excluding carboxylic acids is 1. The van der Waals surface area contributed by atoms with Crippen molar-refractivity contribution in [2.45, 2.75) is 24.3 Å². The van der Waals surface area contributed by atoms with Crippen LogP contribution in [0.5, 0.6) is 17.2 Å². The Bertz CT molecular complexity index is 1400. The van der Waals surface area contributed by atoms with Crippen molar-refractivity contribution in [1.82, 2.24) is 4.57 Å². The number of amides is 1. The molecule has 0 spiro atoms. The molecule has 0 saturated carbocycles. The monoisotopic (exact) mass is 486 g/mol. The van der Waals surface area contributed by atoms with E-state index < -0.39 is 15.7 Å². The molecule has 2 heterocycles. The topological polar surface area (TPSA) is 96.2 Å². The zero-order chi connectivity index (χ0) is 23.4. The van der Waals surface area contributed by atoms with Gasteiger partial charge < -0.3 is 18.8 Å². The minimum atomic E-state index is -3.51. The van der Waals surface area contributed by atoms with Gasteiger partial charge in [-0.3, -0.25) is 4.79 Å². The highest BCUT2D eigenvalue weighted by atomic mass is 32.2. The van der Waals surface area contributed by atoms with Crippen molar-refractivity contribution in [2.24, 2.45) is 4.99 Å².